The second kappa shape index (κ2) is 6.27. The number of anilines is 1. The molecule has 0 bridgehead atoms. The van der Waals surface area contributed by atoms with Crippen LogP contribution in [-0.4, -0.2) is 11.8 Å². The lowest BCUT2D eigenvalue weighted by Crippen LogP contribution is -2.25. The van der Waals surface area contributed by atoms with Gasteiger partial charge in [-0.15, -0.1) is 11.3 Å². The van der Waals surface area contributed by atoms with Gasteiger partial charge in [-0.1, -0.05) is 27.7 Å². The standard InChI is InChI=1S/C20H26N2O3S/c1-11-12(2)26-18(22-17(24)15-19(3,4)20(15,5)6)14(11)16(23)21-10-13-8-7-9-25-13/h7-9,15H,10H2,1-6H3,(H,21,23)(H,22,24). The van der Waals surface area contributed by atoms with Crippen molar-refractivity contribution in [3.05, 3.63) is 40.2 Å². The molecule has 26 heavy (non-hydrogen) atoms. The van der Waals surface area contributed by atoms with Crippen LogP contribution in [0, 0.1) is 30.6 Å². The van der Waals surface area contributed by atoms with Crippen LogP contribution < -0.4 is 10.6 Å². The zero-order chi connectivity index (χ0) is 19.3. The Morgan fingerprint density at radius 2 is 1.85 bits per heavy atom. The predicted molar refractivity (Wildman–Crippen MR) is 103 cm³/mol. The maximum atomic E-state index is 12.8. The van der Waals surface area contributed by atoms with E-state index >= 15 is 0 Å². The summed E-state index contributed by atoms with van der Waals surface area (Å²) in [6.45, 7) is 12.6. The van der Waals surface area contributed by atoms with Crippen LogP contribution in [0.1, 0.15) is 54.3 Å². The number of aryl methyl sites for hydroxylation is 1. The van der Waals surface area contributed by atoms with Gasteiger partial charge in [0, 0.05) is 10.8 Å². The average molecular weight is 375 g/mol. The third-order valence-electron chi connectivity index (χ3n) is 6.14. The zero-order valence-corrected chi connectivity index (χ0v) is 17.0. The van der Waals surface area contributed by atoms with E-state index in [9.17, 15) is 9.59 Å². The second-order valence-electron chi connectivity index (χ2n) is 8.12. The predicted octanol–water partition coefficient (Wildman–Crippen LogP) is 4.51. The zero-order valence-electron chi connectivity index (χ0n) is 16.1. The molecular formula is C20H26N2O3S. The maximum absolute atomic E-state index is 12.8. The van der Waals surface area contributed by atoms with E-state index in [0.717, 1.165) is 10.4 Å². The van der Waals surface area contributed by atoms with Gasteiger partial charge in [-0.2, -0.15) is 0 Å². The molecule has 6 heteroatoms. The number of hydrogen-bond donors (Lipinski definition) is 2. The Morgan fingerprint density at radius 3 is 2.38 bits per heavy atom. The summed E-state index contributed by atoms with van der Waals surface area (Å²) in [4.78, 5) is 26.5. The third-order valence-corrected chi connectivity index (χ3v) is 7.26. The molecule has 0 atom stereocenters. The number of thiophene rings is 1. The number of carbonyl (C=O) groups is 2. The molecule has 1 fully saturated rings. The minimum Gasteiger partial charge on any atom is -0.467 e. The molecule has 5 nitrogen and oxygen atoms in total. The van der Waals surface area contributed by atoms with Crippen LogP contribution in [0.2, 0.25) is 0 Å². The van der Waals surface area contributed by atoms with Crippen molar-refractivity contribution in [3.63, 3.8) is 0 Å². The quantitative estimate of drug-likeness (QED) is 0.809. The van der Waals surface area contributed by atoms with Gasteiger partial charge in [-0.05, 0) is 42.4 Å². The summed E-state index contributed by atoms with van der Waals surface area (Å²) in [5.74, 6) is 0.418. The van der Waals surface area contributed by atoms with Crippen molar-refractivity contribution in [2.75, 3.05) is 5.32 Å². The summed E-state index contributed by atoms with van der Waals surface area (Å²) in [6, 6.07) is 3.60. The van der Waals surface area contributed by atoms with Crippen molar-refractivity contribution in [1.82, 2.24) is 5.32 Å². The molecule has 2 aromatic rings. The van der Waals surface area contributed by atoms with E-state index in [1.807, 2.05) is 19.9 Å². The Bertz CT molecular complexity index is 833. The van der Waals surface area contributed by atoms with Crippen LogP contribution >= 0.6 is 11.3 Å². The highest BCUT2D eigenvalue weighted by Gasteiger charge is 2.68. The van der Waals surface area contributed by atoms with Gasteiger partial charge in [0.05, 0.1) is 18.4 Å². The minimum absolute atomic E-state index is 0.0127. The Kier molecular flexibility index (Phi) is 4.51. The van der Waals surface area contributed by atoms with Gasteiger partial charge < -0.3 is 15.1 Å². The number of amides is 2. The molecule has 2 aromatic heterocycles. The molecule has 0 unspecified atom stereocenters. The first kappa shape index (κ1) is 18.7. The largest absolute Gasteiger partial charge is 0.467 e. The molecule has 0 spiro atoms. The number of nitrogens with one attached hydrogen (secondary N) is 2. The Balaban J connectivity index is 1.77. The molecule has 1 saturated carbocycles. The van der Waals surface area contributed by atoms with E-state index in [2.05, 4.69) is 38.3 Å². The smallest absolute Gasteiger partial charge is 0.254 e. The first-order chi connectivity index (χ1) is 12.1. The molecule has 2 amide bonds. The molecule has 1 aliphatic rings. The minimum atomic E-state index is -0.201. The van der Waals surface area contributed by atoms with E-state index in [1.165, 1.54) is 11.3 Å². The topological polar surface area (TPSA) is 71.3 Å². The molecule has 140 valence electrons. The second-order valence-corrected chi connectivity index (χ2v) is 9.34. The summed E-state index contributed by atoms with van der Waals surface area (Å²) in [6.07, 6.45) is 1.58. The number of carbonyl (C=O) groups excluding carboxylic acids is 2. The van der Waals surface area contributed by atoms with Gasteiger partial charge in [0.15, 0.2) is 0 Å². The highest BCUT2D eigenvalue weighted by molar-refractivity contribution is 7.16. The fourth-order valence-corrected chi connectivity index (χ4v) is 4.75. The fourth-order valence-electron chi connectivity index (χ4n) is 3.69. The molecular weight excluding hydrogens is 348 g/mol. The summed E-state index contributed by atoms with van der Waals surface area (Å²) >= 11 is 1.45. The highest BCUT2D eigenvalue weighted by atomic mass is 32.1. The lowest BCUT2D eigenvalue weighted by Gasteiger charge is -2.09. The Hall–Kier alpha value is -2.08. The van der Waals surface area contributed by atoms with E-state index in [0.29, 0.717) is 22.9 Å². The monoisotopic (exact) mass is 374 g/mol. The van der Waals surface area contributed by atoms with Gasteiger partial charge in [0.2, 0.25) is 5.91 Å². The van der Waals surface area contributed by atoms with Gasteiger partial charge >= 0.3 is 0 Å². The van der Waals surface area contributed by atoms with Crippen LogP contribution in [0.15, 0.2) is 22.8 Å². The SMILES string of the molecule is Cc1sc(NC(=O)C2C(C)(C)C2(C)C)c(C(=O)NCc2ccco2)c1C. The lowest BCUT2D eigenvalue weighted by atomic mass is 10.0. The van der Waals surface area contributed by atoms with Gasteiger partial charge in [0.1, 0.15) is 10.8 Å². The van der Waals surface area contributed by atoms with Crippen molar-refractivity contribution in [3.8, 4) is 0 Å². The van der Waals surface area contributed by atoms with Crippen molar-refractivity contribution >= 4 is 28.2 Å². The van der Waals surface area contributed by atoms with E-state index in [-0.39, 0.29) is 28.6 Å². The first-order valence-corrected chi connectivity index (χ1v) is 9.60. The van der Waals surface area contributed by atoms with Crippen LogP contribution in [-0.2, 0) is 11.3 Å². The summed E-state index contributed by atoms with van der Waals surface area (Å²) in [7, 11) is 0. The van der Waals surface area contributed by atoms with Crippen LogP contribution in [0.25, 0.3) is 0 Å². The molecule has 2 N–H and O–H groups in total. The summed E-state index contributed by atoms with van der Waals surface area (Å²) in [5, 5.41) is 6.51. The highest BCUT2D eigenvalue weighted by Crippen LogP contribution is 2.68. The van der Waals surface area contributed by atoms with E-state index in [4.69, 9.17) is 4.42 Å². The number of hydrogen-bond acceptors (Lipinski definition) is 4. The summed E-state index contributed by atoms with van der Waals surface area (Å²) in [5.41, 5.74) is 1.36. The lowest BCUT2D eigenvalue weighted by molar-refractivity contribution is -0.118. The third kappa shape index (κ3) is 2.96. The molecule has 0 saturated heterocycles. The Morgan fingerprint density at radius 1 is 1.19 bits per heavy atom. The Labute approximate surface area is 158 Å². The van der Waals surface area contributed by atoms with E-state index < -0.39 is 0 Å². The number of furan rings is 1. The van der Waals surface area contributed by atoms with Crippen LogP contribution in [0.4, 0.5) is 5.00 Å². The van der Waals surface area contributed by atoms with Gasteiger partial charge in [-0.25, -0.2) is 0 Å². The summed E-state index contributed by atoms with van der Waals surface area (Å²) < 4.78 is 5.25. The van der Waals surface area contributed by atoms with Crippen molar-refractivity contribution < 1.29 is 14.0 Å². The molecule has 1 aliphatic carbocycles. The molecule has 0 aliphatic heterocycles. The van der Waals surface area contributed by atoms with Crippen LogP contribution in [0.5, 0.6) is 0 Å². The van der Waals surface area contributed by atoms with E-state index in [1.54, 1.807) is 12.3 Å². The van der Waals surface area contributed by atoms with Crippen molar-refractivity contribution in [2.45, 2.75) is 48.1 Å². The fraction of sp³-hybridized carbons (Fsp3) is 0.500. The molecule has 0 aromatic carbocycles. The average Bonchev–Trinajstić information content (AvgIpc) is 2.97. The van der Waals surface area contributed by atoms with Crippen LogP contribution in [0.3, 0.4) is 0 Å². The molecule has 2 heterocycles. The van der Waals surface area contributed by atoms with Gasteiger partial charge in [-0.3, -0.25) is 9.59 Å². The van der Waals surface area contributed by atoms with Gasteiger partial charge in [0.25, 0.3) is 5.91 Å². The molecule has 0 radical (unpaired) electrons. The van der Waals surface area contributed by atoms with Crippen molar-refractivity contribution in [2.24, 2.45) is 16.7 Å². The normalized spacial score (nSPS) is 17.8. The molecule has 3 rings (SSSR count). The van der Waals surface area contributed by atoms with Crippen molar-refractivity contribution in [1.29, 1.82) is 0 Å². The first-order valence-electron chi connectivity index (χ1n) is 8.78. The maximum Gasteiger partial charge on any atom is 0.254 e. The number of rotatable bonds is 5.